The summed E-state index contributed by atoms with van der Waals surface area (Å²) in [6.07, 6.45) is -0.718. The molecule has 1 unspecified atom stereocenters. The van der Waals surface area contributed by atoms with Crippen LogP contribution in [-0.4, -0.2) is 29.3 Å². The highest BCUT2D eigenvalue weighted by molar-refractivity contribution is 6.58. The van der Waals surface area contributed by atoms with Crippen LogP contribution in [0, 0.1) is 0 Å². The average Bonchev–Trinajstić information content (AvgIpc) is 2.17. The van der Waals surface area contributed by atoms with E-state index in [4.69, 9.17) is 10.0 Å². The van der Waals surface area contributed by atoms with Gasteiger partial charge in [-0.2, -0.15) is 0 Å². The molecule has 1 aromatic rings. The third-order valence-electron chi connectivity index (χ3n) is 1.82. The van der Waals surface area contributed by atoms with E-state index in [0.717, 1.165) is 0 Å². The molecule has 0 radical (unpaired) electrons. The smallest absolute Gasteiger partial charge is 0.423 e. The van der Waals surface area contributed by atoms with Crippen LogP contribution in [0.4, 0.5) is 0 Å². The second-order valence-corrected chi connectivity index (χ2v) is 2.73. The minimum Gasteiger partial charge on any atom is -0.423 e. The molecule has 4 N–H and O–H groups in total. The summed E-state index contributed by atoms with van der Waals surface area (Å²) < 4.78 is 0. The maximum atomic E-state index is 9.32. The molecule has 4 nitrogen and oxygen atoms in total. The maximum Gasteiger partial charge on any atom is 0.488 e. The summed E-state index contributed by atoms with van der Waals surface area (Å²) in [5.41, 5.74) is 1.10. The summed E-state index contributed by atoms with van der Waals surface area (Å²) in [5.74, 6) is 0. The van der Waals surface area contributed by atoms with Crippen LogP contribution in [0.5, 0.6) is 0 Å². The van der Waals surface area contributed by atoms with Gasteiger partial charge in [0.2, 0.25) is 0 Å². The molecule has 1 aromatic carbocycles. The molecule has 0 aromatic heterocycles. The van der Waals surface area contributed by atoms with Crippen LogP contribution >= 0.6 is 0 Å². The molecule has 13 heavy (non-hydrogen) atoms. The van der Waals surface area contributed by atoms with Crippen molar-refractivity contribution in [3.05, 3.63) is 29.8 Å². The molecular weight excluding hydrogens is 169 g/mol. The lowest BCUT2D eigenvalue weighted by atomic mass is 9.80. The van der Waals surface area contributed by atoms with Gasteiger partial charge < -0.3 is 15.2 Å². The molecule has 0 saturated carbocycles. The van der Waals surface area contributed by atoms with E-state index in [1.54, 1.807) is 31.3 Å². The fraction of sp³-hybridized carbons (Fsp3) is 0.250. The molecule has 0 aliphatic rings. The summed E-state index contributed by atoms with van der Waals surface area (Å²) in [6, 6.07) is 6.38. The van der Waals surface area contributed by atoms with Crippen molar-refractivity contribution >= 4 is 12.6 Å². The van der Waals surface area contributed by atoms with Gasteiger partial charge in [-0.3, -0.25) is 5.32 Å². The first-order valence-corrected chi connectivity index (χ1v) is 3.96. The molecule has 0 amide bonds. The molecular formula is C8H12BNO3. The molecule has 1 rings (SSSR count). The summed E-state index contributed by atoms with van der Waals surface area (Å²) in [4.78, 5) is 0. The van der Waals surface area contributed by atoms with Crippen molar-refractivity contribution in [2.45, 2.75) is 6.23 Å². The Morgan fingerprint density at radius 3 is 2.15 bits per heavy atom. The SMILES string of the molecule is CNC(O)c1ccc(B(O)O)cc1. The topological polar surface area (TPSA) is 72.7 Å². The molecule has 1 atom stereocenters. The van der Waals surface area contributed by atoms with E-state index in [-0.39, 0.29) is 0 Å². The van der Waals surface area contributed by atoms with Crippen molar-refractivity contribution < 1.29 is 15.2 Å². The lowest BCUT2D eigenvalue weighted by molar-refractivity contribution is 0.149. The van der Waals surface area contributed by atoms with Gasteiger partial charge in [-0.15, -0.1) is 0 Å². The Hall–Kier alpha value is -0.875. The number of aliphatic hydroxyl groups is 1. The summed E-state index contributed by atoms with van der Waals surface area (Å²) in [5, 5.41) is 29.6. The van der Waals surface area contributed by atoms with Crippen molar-refractivity contribution in [2.75, 3.05) is 7.05 Å². The summed E-state index contributed by atoms with van der Waals surface area (Å²) >= 11 is 0. The zero-order valence-electron chi connectivity index (χ0n) is 7.31. The second kappa shape index (κ2) is 4.39. The van der Waals surface area contributed by atoms with Gasteiger partial charge in [0.1, 0.15) is 6.23 Å². The molecule has 0 bridgehead atoms. The summed E-state index contributed by atoms with van der Waals surface area (Å²) in [7, 11) is 0.181. The first-order valence-electron chi connectivity index (χ1n) is 3.96. The molecule has 0 aliphatic heterocycles. The highest BCUT2D eigenvalue weighted by atomic mass is 16.4. The van der Waals surface area contributed by atoms with Crippen LogP contribution in [0.25, 0.3) is 0 Å². The number of benzene rings is 1. The Morgan fingerprint density at radius 1 is 1.23 bits per heavy atom. The molecule has 0 saturated heterocycles. The van der Waals surface area contributed by atoms with Crippen molar-refractivity contribution in [3.63, 3.8) is 0 Å². The Kier molecular flexibility index (Phi) is 3.44. The highest BCUT2D eigenvalue weighted by Crippen LogP contribution is 2.06. The second-order valence-electron chi connectivity index (χ2n) is 2.73. The molecule has 5 heteroatoms. The van der Waals surface area contributed by atoms with Gasteiger partial charge in [0.25, 0.3) is 0 Å². The molecule has 0 spiro atoms. The van der Waals surface area contributed by atoms with Crippen molar-refractivity contribution in [1.29, 1.82) is 0 Å². The van der Waals surface area contributed by atoms with E-state index in [0.29, 0.717) is 11.0 Å². The van der Waals surface area contributed by atoms with Crippen LogP contribution in [0.3, 0.4) is 0 Å². The maximum absolute atomic E-state index is 9.32. The summed E-state index contributed by atoms with van der Waals surface area (Å²) in [6.45, 7) is 0. The fourth-order valence-electron chi connectivity index (χ4n) is 1.02. The van der Waals surface area contributed by atoms with E-state index < -0.39 is 13.3 Å². The minimum atomic E-state index is -1.46. The van der Waals surface area contributed by atoms with Gasteiger partial charge in [-0.05, 0) is 18.1 Å². The Morgan fingerprint density at radius 2 is 1.77 bits per heavy atom. The number of aliphatic hydroxyl groups excluding tert-OH is 1. The van der Waals surface area contributed by atoms with E-state index in [2.05, 4.69) is 5.32 Å². The van der Waals surface area contributed by atoms with Crippen molar-refractivity contribution in [2.24, 2.45) is 0 Å². The Bertz CT molecular complexity index is 263. The van der Waals surface area contributed by atoms with Gasteiger partial charge in [0.05, 0.1) is 0 Å². The monoisotopic (exact) mass is 181 g/mol. The van der Waals surface area contributed by atoms with Gasteiger partial charge in [0.15, 0.2) is 0 Å². The van der Waals surface area contributed by atoms with E-state index >= 15 is 0 Å². The van der Waals surface area contributed by atoms with Gasteiger partial charge in [-0.1, -0.05) is 24.3 Å². The van der Waals surface area contributed by atoms with Crippen LogP contribution in [0.1, 0.15) is 11.8 Å². The Labute approximate surface area is 77.0 Å². The van der Waals surface area contributed by atoms with Gasteiger partial charge >= 0.3 is 7.12 Å². The average molecular weight is 181 g/mol. The van der Waals surface area contributed by atoms with Crippen LogP contribution in [-0.2, 0) is 0 Å². The van der Waals surface area contributed by atoms with Crippen molar-refractivity contribution in [1.82, 2.24) is 5.32 Å². The first kappa shape index (κ1) is 10.2. The predicted octanol–water partition coefficient (Wildman–Crippen LogP) is -1.42. The van der Waals surface area contributed by atoms with Crippen LogP contribution in [0.15, 0.2) is 24.3 Å². The van der Waals surface area contributed by atoms with Crippen LogP contribution < -0.4 is 10.8 Å². The standard InChI is InChI=1S/C8H12BNO3/c1-10-8(11)6-2-4-7(5-3-6)9(12)13/h2-5,8,10-13H,1H3. The van der Waals surface area contributed by atoms with E-state index in [1.165, 1.54) is 0 Å². The van der Waals surface area contributed by atoms with Crippen molar-refractivity contribution in [3.8, 4) is 0 Å². The zero-order valence-corrected chi connectivity index (χ0v) is 7.31. The highest BCUT2D eigenvalue weighted by Gasteiger charge is 2.11. The number of hydrogen-bond acceptors (Lipinski definition) is 4. The molecule has 70 valence electrons. The number of rotatable bonds is 3. The third-order valence-corrected chi connectivity index (χ3v) is 1.82. The quantitative estimate of drug-likeness (QED) is 0.341. The zero-order chi connectivity index (χ0) is 9.84. The number of nitrogens with one attached hydrogen (secondary N) is 1. The lowest BCUT2D eigenvalue weighted by Gasteiger charge is -2.09. The molecule has 0 fully saturated rings. The molecule has 0 heterocycles. The Balaban J connectivity index is 2.81. The van der Waals surface area contributed by atoms with Gasteiger partial charge in [0, 0.05) is 0 Å². The largest absolute Gasteiger partial charge is 0.488 e. The molecule has 0 aliphatic carbocycles. The van der Waals surface area contributed by atoms with Crippen LogP contribution in [0.2, 0.25) is 0 Å². The predicted molar refractivity (Wildman–Crippen MR) is 50.3 cm³/mol. The van der Waals surface area contributed by atoms with Gasteiger partial charge in [-0.25, -0.2) is 0 Å². The van der Waals surface area contributed by atoms with E-state index in [9.17, 15) is 5.11 Å². The first-order chi connectivity index (χ1) is 6.15. The lowest BCUT2D eigenvalue weighted by Crippen LogP contribution is -2.29. The third kappa shape index (κ3) is 2.53. The number of hydrogen-bond donors (Lipinski definition) is 4. The minimum absolute atomic E-state index is 0.409. The van der Waals surface area contributed by atoms with E-state index in [1.807, 2.05) is 0 Å². The fourth-order valence-corrected chi connectivity index (χ4v) is 1.02. The normalized spacial score (nSPS) is 12.6.